The minimum absolute atomic E-state index is 0.182. The Bertz CT molecular complexity index is 241. The molecule has 0 spiro atoms. The van der Waals surface area contributed by atoms with Crippen LogP contribution in [0.1, 0.15) is 33.1 Å². The third kappa shape index (κ3) is 6.23. The van der Waals surface area contributed by atoms with Crippen LogP contribution in [0.5, 0.6) is 0 Å². The van der Waals surface area contributed by atoms with E-state index in [1.54, 1.807) is 0 Å². The van der Waals surface area contributed by atoms with Crippen molar-refractivity contribution in [2.75, 3.05) is 6.54 Å². The van der Waals surface area contributed by atoms with Crippen LogP contribution in [0.3, 0.4) is 0 Å². The van der Waals surface area contributed by atoms with Crippen molar-refractivity contribution < 1.29 is 10.0 Å². The van der Waals surface area contributed by atoms with Crippen molar-refractivity contribution in [3.8, 4) is 0 Å². The van der Waals surface area contributed by atoms with Gasteiger partial charge in [-0.15, -0.1) is 0 Å². The summed E-state index contributed by atoms with van der Waals surface area (Å²) in [5.41, 5.74) is 10.6. The molecule has 0 saturated carbocycles. The maximum absolute atomic E-state index is 11.0. The van der Waals surface area contributed by atoms with Crippen molar-refractivity contribution >= 4 is 11.7 Å². The summed E-state index contributed by atoms with van der Waals surface area (Å²) in [5, 5.41) is 14.3. The molecule has 0 fully saturated rings. The third-order valence-corrected chi connectivity index (χ3v) is 2.33. The van der Waals surface area contributed by atoms with Crippen LogP contribution in [0.25, 0.3) is 0 Å². The molecular weight excluding hydrogens is 208 g/mol. The predicted octanol–water partition coefficient (Wildman–Crippen LogP) is 0.00260. The Balaban J connectivity index is 3.67. The highest BCUT2D eigenvalue weighted by Gasteiger charge is 2.17. The maximum atomic E-state index is 11.0. The molecule has 0 rings (SSSR count). The molecule has 0 aromatic carbocycles. The molecule has 1 amide bonds. The number of rotatable bonds is 8. The number of hydrogen-bond acceptors (Lipinski definition) is 4. The van der Waals surface area contributed by atoms with Crippen LogP contribution in [0.4, 0.5) is 0 Å². The molecule has 0 bridgehead atoms. The fourth-order valence-corrected chi connectivity index (χ4v) is 1.40. The summed E-state index contributed by atoms with van der Waals surface area (Å²) in [4.78, 5) is 11.0. The Morgan fingerprint density at radius 1 is 1.38 bits per heavy atom. The standard InChI is InChI=1S/C10H22N4O2/c1-7(2)9(10(12)15)13-6-4-3-5-8(11)14-16/h7,9,13,16H,3-6H2,1-2H3,(H2,11,14)(H2,12,15). The summed E-state index contributed by atoms with van der Waals surface area (Å²) in [5.74, 6) is 0.0864. The molecular formula is C10H22N4O2. The van der Waals surface area contributed by atoms with Gasteiger partial charge in [-0.1, -0.05) is 19.0 Å². The monoisotopic (exact) mass is 230 g/mol. The van der Waals surface area contributed by atoms with Gasteiger partial charge in [0.2, 0.25) is 5.91 Å². The van der Waals surface area contributed by atoms with Crippen LogP contribution in [0, 0.1) is 5.92 Å². The van der Waals surface area contributed by atoms with Gasteiger partial charge in [0.1, 0.15) is 5.84 Å². The minimum Gasteiger partial charge on any atom is -0.409 e. The number of carbonyl (C=O) groups excluding carboxylic acids is 1. The van der Waals surface area contributed by atoms with Crippen molar-refractivity contribution in [2.45, 2.75) is 39.2 Å². The number of unbranched alkanes of at least 4 members (excludes halogenated alkanes) is 1. The number of carbonyl (C=O) groups is 1. The van der Waals surface area contributed by atoms with Gasteiger partial charge in [0.05, 0.1) is 6.04 Å². The van der Waals surface area contributed by atoms with Gasteiger partial charge in [0.15, 0.2) is 0 Å². The van der Waals surface area contributed by atoms with E-state index in [1.807, 2.05) is 13.8 Å². The first-order valence-corrected chi connectivity index (χ1v) is 5.48. The van der Waals surface area contributed by atoms with E-state index in [4.69, 9.17) is 16.7 Å². The number of nitrogens with two attached hydrogens (primary N) is 2. The zero-order valence-corrected chi connectivity index (χ0v) is 9.94. The highest BCUT2D eigenvalue weighted by Crippen LogP contribution is 2.01. The number of primary amides is 1. The number of hydrogen-bond donors (Lipinski definition) is 4. The molecule has 0 aliphatic rings. The summed E-state index contributed by atoms with van der Waals surface area (Å²) >= 11 is 0. The number of oxime groups is 1. The molecule has 0 saturated heterocycles. The summed E-state index contributed by atoms with van der Waals surface area (Å²) in [6.07, 6.45) is 2.22. The van der Waals surface area contributed by atoms with E-state index in [0.29, 0.717) is 13.0 Å². The molecule has 6 nitrogen and oxygen atoms in total. The van der Waals surface area contributed by atoms with Gasteiger partial charge in [-0.05, 0) is 25.3 Å². The zero-order chi connectivity index (χ0) is 12.6. The van der Waals surface area contributed by atoms with Crippen LogP contribution in [-0.4, -0.2) is 29.5 Å². The maximum Gasteiger partial charge on any atom is 0.234 e. The molecule has 16 heavy (non-hydrogen) atoms. The average molecular weight is 230 g/mol. The van der Waals surface area contributed by atoms with Crippen molar-refractivity contribution in [3.63, 3.8) is 0 Å². The van der Waals surface area contributed by atoms with Gasteiger partial charge >= 0.3 is 0 Å². The fourth-order valence-electron chi connectivity index (χ4n) is 1.40. The summed E-state index contributed by atoms with van der Waals surface area (Å²) in [6, 6.07) is -0.288. The second-order valence-corrected chi connectivity index (χ2v) is 4.13. The van der Waals surface area contributed by atoms with E-state index >= 15 is 0 Å². The minimum atomic E-state index is -0.327. The quantitative estimate of drug-likeness (QED) is 0.154. The lowest BCUT2D eigenvalue weighted by molar-refractivity contribution is -0.121. The lowest BCUT2D eigenvalue weighted by Gasteiger charge is -2.18. The van der Waals surface area contributed by atoms with Gasteiger partial charge in [-0.3, -0.25) is 4.79 Å². The first-order chi connectivity index (χ1) is 7.49. The highest BCUT2D eigenvalue weighted by molar-refractivity contribution is 5.80. The summed E-state index contributed by atoms with van der Waals surface area (Å²) < 4.78 is 0. The molecule has 94 valence electrons. The molecule has 6 heteroatoms. The number of nitrogens with one attached hydrogen (secondary N) is 1. The average Bonchev–Trinajstić information content (AvgIpc) is 2.21. The van der Waals surface area contributed by atoms with Crippen LogP contribution >= 0.6 is 0 Å². The summed E-state index contributed by atoms with van der Waals surface area (Å²) in [6.45, 7) is 4.59. The van der Waals surface area contributed by atoms with Gasteiger partial charge in [0.25, 0.3) is 0 Å². The number of nitrogens with zero attached hydrogens (tertiary/aromatic N) is 1. The van der Waals surface area contributed by atoms with E-state index in [9.17, 15) is 4.79 Å². The van der Waals surface area contributed by atoms with Gasteiger partial charge in [0, 0.05) is 6.42 Å². The van der Waals surface area contributed by atoms with E-state index < -0.39 is 0 Å². The van der Waals surface area contributed by atoms with Crippen molar-refractivity contribution in [3.05, 3.63) is 0 Å². The Morgan fingerprint density at radius 2 is 2.00 bits per heavy atom. The van der Waals surface area contributed by atoms with Gasteiger partial charge in [-0.25, -0.2) is 0 Å². The Hall–Kier alpha value is -1.30. The molecule has 1 atom stereocenters. The van der Waals surface area contributed by atoms with Crippen molar-refractivity contribution in [1.82, 2.24) is 5.32 Å². The zero-order valence-electron chi connectivity index (χ0n) is 9.94. The van der Waals surface area contributed by atoms with Gasteiger partial charge < -0.3 is 22.0 Å². The first kappa shape index (κ1) is 14.7. The Kier molecular flexibility index (Phi) is 7.28. The number of amides is 1. The molecule has 6 N–H and O–H groups in total. The summed E-state index contributed by atoms with van der Waals surface area (Å²) in [7, 11) is 0. The smallest absolute Gasteiger partial charge is 0.234 e. The molecule has 0 aliphatic heterocycles. The fraction of sp³-hybridized carbons (Fsp3) is 0.800. The third-order valence-electron chi connectivity index (χ3n) is 2.33. The molecule has 1 unspecified atom stereocenters. The van der Waals surface area contributed by atoms with Crippen molar-refractivity contribution in [1.29, 1.82) is 0 Å². The predicted molar refractivity (Wildman–Crippen MR) is 63.1 cm³/mol. The van der Waals surface area contributed by atoms with Crippen LogP contribution in [0.15, 0.2) is 5.16 Å². The largest absolute Gasteiger partial charge is 0.409 e. The second kappa shape index (κ2) is 7.92. The molecule has 0 heterocycles. The second-order valence-electron chi connectivity index (χ2n) is 4.13. The Labute approximate surface area is 96.1 Å². The topological polar surface area (TPSA) is 114 Å². The van der Waals surface area contributed by atoms with E-state index in [-0.39, 0.29) is 23.7 Å². The lowest BCUT2D eigenvalue weighted by atomic mass is 10.0. The normalized spacial score (nSPS) is 14.1. The SMILES string of the molecule is CC(C)C(NCCCCC(N)=NO)C(N)=O. The molecule has 0 aliphatic carbocycles. The highest BCUT2D eigenvalue weighted by atomic mass is 16.4. The van der Waals surface area contributed by atoms with Crippen LogP contribution in [-0.2, 0) is 4.79 Å². The van der Waals surface area contributed by atoms with Gasteiger partial charge in [-0.2, -0.15) is 0 Å². The molecule has 0 aromatic rings. The van der Waals surface area contributed by atoms with E-state index in [1.165, 1.54) is 0 Å². The molecule has 0 radical (unpaired) electrons. The lowest BCUT2D eigenvalue weighted by Crippen LogP contribution is -2.45. The van der Waals surface area contributed by atoms with E-state index in [0.717, 1.165) is 12.8 Å². The number of amidine groups is 1. The van der Waals surface area contributed by atoms with Crippen LogP contribution in [0.2, 0.25) is 0 Å². The van der Waals surface area contributed by atoms with E-state index in [2.05, 4.69) is 10.5 Å². The Morgan fingerprint density at radius 3 is 2.44 bits per heavy atom. The first-order valence-electron chi connectivity index (χ1n) is 5.48. The van der Waals surface area contributed by atoms with Crippen LogP contribution < -0.4 is 16.8 Å². The molecule has 0 aromatic heterocycles. The van der Waals surface area contributed by atoms with Crippen molar-refractivity contribution in [2.24, 2.45) is 22.5 Å².